The Kier molecular flexibility index (Phi) is 6.20. The first-order valence-corrected chi connectivity index (χ1v) is 11.5. The molecule has 0 spiro atoms. The van der Waals surface area contributed by atoms with Gasteiger partial charge in [-0.15, -0.1) is 0 Å². The Labute approximate surface area is 160 Å². The van der Waals surface area contributed by atoms with E-state index in [2.05, 4.69) is 12.1 Å². The first-order chi connectivity index (χ1) is 12.8. The Morgan fingerprint density at radius 1 is 0.692 bits per heavy atom. The molecule has 0 radical (unpaired) electrons. The molecule has 0 unspecified atom stereocenters. The van der Waals surface area contributed by atoms with Crippen molar-refractivity contribution in [2.24, 2.45) is 0 Å². The fourth-order valence-corrected chi connectivity index (χ4v) is 5.81. The number of rotatable bonds is 4. The maximum atomic E-state index is 11.2. The van der Waals surface area contributed by atoms with E-state index in [1.54, 1.807) is 4.90 Å². The highest BCUT2D eigenvalue weighted by Crippen LogP contribution is 2.44. The highest BCUT2D eigenvalue weighted by molar-refractivity contribution is 5.47. The maximum absolute atomic E-state index is 11.2. The molecule has 2 saturated carbocycles. The minimum absolute atomic E-state index is 0.599. The van der Waals surface area contributed by atoms with Crippen LogP contribution in [0, 0.1) is 0 Å². The first-order valence-electron chi connectivity index (χ1n) is 11.5. The molecule has 1 heterocycles. The second-order valence-electron chi connectivity index (χ2n) is 9.28. The number of quaternary nitrogens is 1. The van der Waals surface area contributed by atoms with Gasteiger partial charge in [0.1, 0.15) is 12.3 Å². The van der Waals surface area contributed by atoms with Crippen LogP contribution in [-0.4, -0.2) is 18.2 Å². The van der Waals surface area contributed by atoms with E-state index in [9.17, 15) is 5.11 Å². The average molecular weight is 357 g/mol. The van der Waals surface area contributed by atoms with E-state index in [0.29, 0.717) is 17.6 Å². The third-order valence-electron chi connectivity index (χ3n) is 7.33. The molecule has 0 amide bonds. The molecule has 1 aromatic carbocycles. The lowest BCUT2D eigenvalue weighted by molar-refractivity contribution is -0.918. The van der Waals surface area contributed by atoms with Gasteiger partial charge in [-0.1, -0.05) is 38.5 Å². The Morgan fingerprint density at radius 2 is 1.15 bits per heavy atom. The lowest BCUT2D eigenvalue weighted by atomic mass is 9.78. The molecule has 0 aromatic heterocycles. The Morgan fingerprint density at radius 3 is 1.65 bits per heavy atom. The van der Waals surface area contributed by atoms with Crippen LogP contribution < -0.4 is 4.90 Å². The quantitative estimate of drug-likeness (QED) is 0.775. The third kappa shape index (κ3) is 4.27. The Hall–Kier alpha value is -1.02. The highest BCUT2D eigenvalue weighted by atomic mass is 16.3. The van der Waals surface area contributed by atoms with Gasteiger partial charge in [-0.2, -0.15) is 0 Å². The van der Waals surface area contributed by atoms with E-state index in [1.165, 1.54) is 120 Å². The van der Waals surface area contributed by atoms with Crippen molar-refractivity contribution in [3.05, 3.63) is 28.8 Å². The molecule has 1 saturated heterocycles. The van der Waals surface area contributed by atoms with Crippen LogP contribution in [0.3, 0.4) is 0 Å². The zero-order valence-electron chi connectivity index (χ0n) is 16.6. The van der Waals surface area contributed by atoms with E-state index in [-0.39, 0.29) is 0 Å². The summed E-state index contributed by atoms with van der Waals surface area (Å²) in [4.78, 5) is 1.76. The predicted molar refractivity (Wildman–Crippen MR) is 108 cm³/mol. The molecule has 1 aliphatic heterocycles. The minimum atomic E-state index is 0.599. The van der Waals surface area contributed by atoms with Crippen molar-refractivity contribution in [3.8, 4) is 5.75 Å². The average Bonchev–Trinajstić information content (AvgIpc) is 2.71. The normalized spacial score (nSPS) is 24.0. The van der Waals surface area contributed by atoms with Gasteiger partial charge in [0.2, 0.25) is 0 Å². The van der Waals surface area contributed by atoms with Gasteiger partial charge in [0.15, 0.2) is 0 Å². The molecular weight excluding hydrogens is 318 g/mol. The van der Waals surface area contributed by atoms with Crippen molar-refractivity contribution >= 4 is 0 Å². The number of hydrogen-bond donors (Lipinski definition) is 2. The second kappa shape index (κ2) is 8.78. The fraction of sp³-hybridized carbons (Fsp3) is 0.750. The minimum Gasteiger partial charge on any atom is -0.507 e. The van der Waals surface area contributed by atoms with Crippen molar-refractivity contribution < 1.29 is 10.0 Å². The van der Waals surface area contributed by atoms with Gasteiger partial charge in [0.25, 0.3) is 0 Å². The number of likely N-dealkylation sites (tertiary alicyclic amines) is 1. The lowest BCUT2D eigenvalue weighted by Crippen LogP contribution is -3.11. The summed E-state index contributed by atoms with van der Waals surface area (Å²) in [5, 5.41) is 11.2. The molecule has 3 aliphatic rings. The zero-order chi connectivity index (χ0) is 17.8. The number of aromatic hydroxyl groups is 1. The van der Waals surface area contributed by atoms with Crippen LogP contribution in [0.4, 0.5) is 0 Å². The maximum Gasteiger partial charge on any atom is 0.122 e. The number of benzene rings is 1. The molecule has 3 fully saturated rings. The molecule has 1 aromatic rings. The second-order valence-corrected chi connectivity index (χ2v) is 9.28. The van der Waals surface area contributed by atoms with Gasteiger partial charge in [-0.3, -0.25) is 0 Å². The topological polar surface area (TPSA) is 24.7 Å². The van der Waals surface area contributed by atoms with Crippen molar-refractivity contribution in [1.82, 2.24) is 0 Å². The highest BCUT2D eigenvalue weighted by Gasteiger charge is 2.26. The molecule has 4 rings (SSSR count). The van der Waals surface area contributed by atoms with E-state index >= 15 is 0 Å². The molecule has 0 atom stereocenters. The predicted octanol–water partition coefficient (Wildman–Crippen LogP) is 5.06. The third-order valence-corrected chi connectivity index (χ3v) is 7.33. The summed E-state index contributed by atoms with van der Waals surface area (Å²) in [5.41, 5.74) is 4.11. The summed E-state index contributed by atoms with van der Waals surface area (Å²) >= 11 is 0. The monoisotopic (exact) mass is 356 g/mol. The lowest BCUT2D eigenvalue weighted by Gasteiger charge is -2.29. The summed E-state index contributed by atoms with van der Waals surface area (Å²) in [5.74, 6) is 1.88. The summed E-state index contributed by atoms with van der Waals surface area (Å²) < 4.78 is 0. The van der Waals surface area contributed by atoms with E-state index in [0.717, 1.165) is 0 Å². The molecular formula is C24H38NO+. The van der Waals surface area contributed by atoms with Crippen LogP contribution >= 0.6 is 0 Å². The first kappa shape index (κ1) is 18.3. The summed E-state index contributed by atoms with van der Waals surface area (Å²) in [6.45, 7) is 3.83. The smallest absolute Gasteiger partial charge is 0.122 e. The van der Waals surface area contributed by atoms with Gasteiger partial charge < -0.3 is 10.0 Å². The SMILES string of the molecule is Oc1c(C2CCCCC2)cc(C[NH+]2CCCCC2)cc1C1CCCCC1. The summed E-state index contributed by atoms with van der Waals surface area (Å²) in [7, 11) is 0. The number of nitrogens with one attached hydrogen (secondary N) is 1. The Balaban J connectivity index is 1.63. The van der Waals surface area contributed by atoms with Crippen LogP contribution in [0.1, 0.15) is 112 Å². The van der Waals surface area contributed by atoms with Crippen molar-refractivity contribution in [2.45, 2.75) is 102 Å². The summed E-state index contributed by atoms with van der Waals surface area (Å²) in [6.07, 6.45) is 17.4. The van der Waals surface area contributed by atoms with Crippen LogP contribution in [0.15, 0.2) is 12.1 Å². The van der Waals surface area contributed by atoms with Gasteiger partial charge in [-0.25, -0.2) is 0 Å². The Bertz CT molecular complexity index is 539. The fourth-order valence-electron chi connectivity index (χ4n) is 5.81. The number of piperidine rings is 1. The molecule has 2 aliphatic carbocycles. The van der Waals surface area contributed by atoms with Crippen LogP contribution in [-0.2, 0) is 6.54 Å². The zero-order valence-corrected chi connectivity index (χ0v) is 16.6. The molecule has 26 heavy (non-hydrogen) atoms. The van der Waals surface area contributed by atoms with Crippen molar-refractivity contribution in [1.29, 1.82) is 0 Å². The largest absolute Gasteiger partial charge is 0.507 e. The van der Waals surface area contributed by atoms with Gasteiger partial charge in [-0.05, 0) is 80.0 Å². The van der Waals surface area contributed by atoms with E-state index < -0.39 is 0 Å². The molecule has 2 N–H and O–H groups in total. The number of phenols is 1. The van der Waals surface area contributed by atoms with E-state index in [4.69, 9.17) is 0 Å². The number of hydrogen-bond acceptors (Lipinski definition) is 1. The van der Waals surface area contributed by atoms with Gasteiger partial charge >= 0.3 is 0 Å². The van der Waals surface area contributed by atoms with E-state index in [1.807, 2.05) is 0 Å². The molecule has 2 heteroatoms. The van der Waals surface area contributed by atoms with Crippen LogP contribution in [0.25, 0.3) is 0 Å². The number of phenolic OH excluding ortho intramolecular Hbond substituents is 1. The van der Waals surface area contributed by atoms with Gasteiger partial charge in [0.05, 0.1) is 13.1 Å². The van der Waals surface area contributed by atoms with Crippen LogP contribution in [0.2, 0.25) is 0 Å². The van der Waals surface area contributed by atoms with Crippen molar-refractivity contribution in [3.63, 3.8) is 0 Å². The van der Waals surface area contributed by atoms with Gasteiger partial charge in [0, 0.05) is 5.56 Å². The molecule has 2 nitrogen and oxygen atoms in total. The standard InChI is InChI=1S/C24H37NO/c26-24-22(20-10-4-1-5-11-20)16-19(18-25-14-8-3-9-15-25)17-23(24)21-12-6-2-7-13-21/h16-17,20-21,26H,1-15,18H2/p+1. The molecule has 144 valence electrons. The summed E-state index contributed by atoms with van der Waals surface area (Å²) in [6, 6.07) is 4.80. The molecule has 0 bridgehead atoms. The van der Waals surface area contributed by atoms with Crippen molar-refractivity contribution in [2.75, 3.05) is 13.1 Å². The van der Waals surface area contributed by atoms with Crippen LogP contribution in [0.5, 0.6) is 5.75 Å².